The average Bonchev–Trinajstić information content (AvgIpc) is 2.67. The monoisotopic (exact) mass is 187 g/mol. The zero-order chi connectivity index (χ0) is 9.80. The maximum atomic E-state index is 10.6. The van der Waals surface area contributed by atoms with Crippen LogP contribution in [0.1, 0.15) is 21.6 Å². The second-order valence-corrected chi connectivity index (χ2v) is 2.95. The van der Waals surface area contributed by atoms with Crippen LogP contribution in [-0.2, 0) is 6.42 Å². The molecule has 0 amide bonds. The van der Waals surface area contributed by atoms with E-state index in [1.165, 1.54) is 6.20 Å². The normalized spacial score (nSPS) is 10.0. The van der Waals surface area contributed by atoms with Gasteiger partial charge >= 0.3 is 0 Å². The van der Waals surface area contributed by atoms with Crippen LogP contribution in [0.5, 0.6) is 0 Å². The van der Waals surface area contributed by atoms with E-state index in [1.807, 2.05) is 12.1 Å². The maximum absolute atomic E-state index is 10.6. The number of carbonyl (C=O) groups excluding carboxylic acids is 1. The Hall–Kier alpha value is -1.97. The van der Waals surface area contributed by atoms with Gasteiger partial charge in [-0.2, -0.15) is 5.10 Å². The molecule has 0 saturated carbocycles. The van der Waals surface area contributed by atoms with Crippen LogP contribution in [-0.4, -0.2) is 21.5 Å². The Balaban J connectivity index is 2.23. The number of aromatic amines is 1. The lowest BCUT2D eigenvalue weighted by Crippen LogP contribution is -1.92. The molecule has 0 fully saturated rings. The summed E-state index contributed by atoms with van der Waals surface area (Å²) in [7, 11) is 0. The van der Waals surface area contributed by atoms with E-state index in [2.05, 4.69) is 15.2 Å². The van der Waals surface area contributed by atoms with Crippen LogP contribution in [0.25, 0.3) is 0 Å². The van der Waals surface area contributed by atoms with Crippen LogP contribution in [0.3, 0.4) is 0 Å². The first-order chi connectivity index (χ1) is 6.90. The summed E-state index contributed by atoms with van der Waals surface area (Å²) < 4.78 is 0. The lowest BCUT2D eigenvalue weighted by molar-refractivity contribution is 0.112. The lowest BCUT2D eigenvalue weighted by atomic mass is 10.1. The Bertz CT molecular complexity index is 422. The first kappa shape index (κ1) is 8.62. The highest BCUT2D eigenvalue weighted by Gasteiger charge is 2.04. The van der Waals surface area contributed by atoms with Gasteiger partial charge in [0.2, 0.25) is 0 Å². The minimum atomic E-state index is 0.613. The fourth-order valence-electron chi connectivity index (χ4n) is 1.27. The summed E-state index contributed by atoms with van der Waals surface area (Å²) in [5.74, 6) is 0. The third-order valence-corrected chi connectivity index (χ3v) is 2.01. The number of nitrogens with one attached hydrogen (secondary N) is 1. The summed E-state index contributed by atoms with van der Waals surface area (Å²) in [4.78, 5) is 14.5. The molecule has 0 saturated heterocycles. The second kappa shape index (κ2) is 3.83. The molecule has 2 aromatic heterocycles. The van der Waals surface area contributed by atoms with Crippen LogP contribution < -0.4 is 0 Å². The van der Waals surface area contributed by atoms with Crippen LogP contribution in [0.2, 0.25) is 0 Å². The van der Waals surface area contributed by atoms with Gasteiger partial charge in [-0.15, -0.1) is 0 Å². The van der Waals surface area contributed by atoms with Gasteiger partial charge in [-0.05, 0) is 17.7 Å². The van der Waals surface area contributed by atoms with Crippen molar-refractivity contribution < 1.29 is 4.79 Å². The summed E-state index contributed by atoms with van der Waals surface area (Å²) in [5, 5.41) is 6.62. The van der Waals surface area contributed by atoms with Crippen molar-refractivity contribution in [1.29, 1.82) is 0 Å². The average molecular weight is 187 g/mol. The van der Waals surface area contributed by atoms with Crippen molar-refractivity contribution in [3.05, 3.63) is 47.5 Å². The molecule has 0 unspecified atom stereocenters. The van der Waals surface area contributed by atoms with E-state index in [4.69, 9.17) is 0 Å². The molecule has 0 radical (unpaired) electrons. The third-order valence-electron chi connectivity index (χ3n) is 2.01. The summed E-state index contributed by atoms with van der Waals surface area (Å²) in [6.45, 7) is 0. The van der Waals surface area contributed by atoms with Crippen LogP contribution in [0, 0.1) is 0 Å². The molecule has 0 bridgehead atoms. The van der Waals surface area contributed by atoms with Crippen molar-refractivity contribution >= 4 is 6.29 Å². The molecule has 70 valence electrons. The number of carbonyl (C=O) groups is 1. The van der Waals surface area contributed by atoms with E-state index in [9.17, 15) is 4.79 Å². The van der Waals surface area contributed by atoms with Crippen molar-refractivity contribution in [3.63, 3.8) is 0 Å². The van der Waals surface area contributed by atoms with Gasteiger partial charge < -0.3 is 0 Å². The Kier molecular flexibility index (Phi) is 2.36. The third kappa shape index (κ3) is 1.69. The Morgan fingerprint density at radius 3 is 2.86 bits per heavy atom. The highest BCUT2D eigenvalue weighted by Crippen LogP contribution is 2.08. The summed E-state index contributed by atoms with van der Waals surface area (Å²) >= 11 is 0. The minimum Gasteiger partial charge on any atom is -0.298 e. The first-order valence-corrected chi connectivity index (χ1v) is 4.26. The van der Waals surface area contributed by atoms with Gasteiger partial charge in [-0.1, -0.05) is 0 Å². The summed E-state index contributed by atoms with van der Waals surface area (Å²) in [5.41, 5.74) is 2.56. The summed E-state index contributed by atoms with van der Waals surface area (Å²) in [6.07, 6.45) is 6.47. The number of nitrogens with zero attached hydrogens (tertiary/aromatic N) is 2. The standard InChI is InChI=1S/C10H9N3O/c14-7-9-6-12-13-10(9)5-8-1-3-11-4-2-8/h1-4,6-7H,5H2,(H,12,13). The van der Waals surface area contributed by atoms with Crippen LogP contribution >= 0.6 is 0 Å². The van der Waals surface area contributed by atoms with Crippen molar-refractivity contribution in [3.8, 4) is 0 Å². The predicted molar refractivity (Wildman–Crippen MR) is 51.0 cm³/mol. The Morgan fingerprint density at radius 2 is 2.14 bits per heavy atom. The number of rotatable bonds is 3. The first-order valence-electron chi connectivity index (χ1n) is 4.26. The molecule has 0 atom stereocenters. The molecular weight excluding hydrogens is 178 g/mol. The number of hydrogen-bond acceptors (Lipinski definition) is 3. The van der Waals surface area contributed by atoms with Crippen molar-refractivity contribution in [2.45, 2.75) is 6.42 Å². The molecule has 0 aromatic carbocycles. The molecule has 0 aliphatic heterocycles. The predicted octanol–water partition coefficient (Wildman–Crippen LogP) is 1.21. The molecule has 1 N–H and O–H groups in total. The van der Waals surface area contributed by atoms with Gasteiger partial charge in [-0.3, -0.25) is 14.9 Å². The van der Waals surface area contributed by atoms with Gasteiger partial charge in [0, 0.05) is 18.8 Å². The topological polar surface area (TPSA) is 58.6 Å². The molecular formula is C10H9N3O. The molecule has 2 rings (SSSR count). The number of hydrogen-bond donors (Lipinski definition) is 1. The van der Waals surface area contributed by atoms with Crippen molar-refractivity contribution in [2.24, 2.45) is 0 Å². The van der Waals surface area contributed by atoms with Gasteiger partial charge in [0.15, 0.2) is 6.29 Å². The van der Waals surface area contributed by atoms with Crippen molar-refractivity contribution in [1.82, 2.24) is 15.2 Å². The van der Waals surface area contributed by atoms with Crippen molar-refractivity contribution in [2.75, 3.05) is 0 Å². The Morgan fingerprint density at radius 1 is 1.36 bits per heavy atom. The Labute approximate surface area is 81.0 Å². The fraction of sp³-hybridized carbons (Fsp3) is 0.100. The van der Waals surface area contributed by atoms with Gasteiger partial charge in [0.25, 0.3) is 0 Å². The molecule has 0 spiro atoms. The molecule has 14 heavy (non-hydrogen) atoms. The lowest BCUT2D eigenvalue weighted by Gasteiger charge is -1.98. The van der Waals surface area contributed by atoms with Crippen LogP contribution in [0.4, 0.5) is 0 Å². The quantitative estimate of drug-likeness (QED) is 0.734. The maximum Gasteiger partial charge on any atom is 0.153 e. The number of H-pyrrole nitrogens is 1. The van der Waals surface area contributed by atoms with E-state index >= 15 is 0 Å². The van der Waals surface area contributed by atoms with Gasteiger partial charge in [0.1, 0.15) is 0 Å². The highest BCUT2D eigenvalue weighted by atomic mass is 16.1. The molecule has 2 aromatic rings. The van der Waals surface area contributed by atoms with E-state index in [1.54, 1.807) is 12.4 Å². The van der Waals surface area contributed by atoms with E-state index < -0.39 is 0 Å². The number of pyridine rings is 1. The largest absolute Gasteiger partial charge is 0.298 e. The van der Waals surface area contributed by atoms with E-state index in [0.29, 0.717) is 12.0 Å². The zero-order valence-electron chi connectivity index (χ0n) is 7.47. The smallest absolute Gasteiger partial charge is 0.153 e. The molecule has 4 nitrogen and oxygen atoms in total. The van der Waals surface area contributed by atoms with Crippen LogP contribution in [0.15, 0.2) is 30.7 Å². The second-order valence-electron chi connectivity index (χ2n) is 2.95. The highest BCUT2D eigenvalue weighted by molar-refractivity contribution is 5.76. The number of aldehydes is 1. The van der Waals surface area contributed by atoms with Gasteiger partial charge in [-0.25, -0.2) is 0 Å². The molecule has 0 aliphatic rings. The number of aromatic nitrogens is 3. The van der Waals surface area contributed by atoms with E-state index in [-0.39, 0.29) is 0 Å². The summed E-state index contributed by atoms with van der Waals surface area (Å²) in [6, 6.07) is 3.82. The molecule has 0 aliphatic carbocycles. The van der Waals surface area contributed by atoms with E-state index in [0.717, 1.165) is 17.5 Å². The molecule has 4 heteroatoms. The SMILES string of the molecule is O=Cc1cn[nH]c1Cc1ccncc1. The fourth-order valence-corrected chi connectivity index (χ4v) is 1.27. The minimum absolute atomic E-state index is 0.613. The zero-order valence-corrected chi connectivity index (χ0v) is 7.47. The molecule has 2 heterocycles. The van der Waals surface area contributed by atoms with Gasteiger partial charge in [0.05, 0.1) is 17.5 Å².